The van der Waals surface area contributed by atoms with Gasteiger partial charge in [0.25, 0.3) is 0 Å². The SMILES string of the molecule is CN(Cc1ccc(F)c(F)c1)Cc1nnc(SCCOc2ccccc2)n1C. The highest BCUT2D eigenvalue weighted by atomic mass is 32.2. The maximum Gasteiger partial charge on any atom is 0.191 e. The Morgan fingerprint density at radius 1 is 1.04 bits per heavy atom. The molecule has 0 saturated carbocycles. The van der Waals surface area contributed by atoms with Gasteiger partial charge in [-0.25, -0.2) is 8.78 Å². The molecule has 3 aromatic rings. The first kappa shape index (κ1) is 20.3. The molecular weight excluding hydrogens is 382 g/mol. The summed E-state index contributed by atoms with van der Waals surface area (Å²) in [5.41, 5.74) is 0.705. The van der Waals surface area contributed by atoms with Gasteiger partial charge in [-0.15, -0.1) is 10.2 Å². The zero-order valence-electron chi connectivity index (χ0n) is 15.8. The fraction of sp³-hybridized carbons (Fsp3) is 0.300. The molecule has 3 rings (SSSR count). The third-order valence-corrected chi connectivity index (χ3v) is 5.08. The zero-order chi connectivity index (χ0) is 19.9. The number of rotatable bonds is 9. The molecule has 2 aromatic carbocycles. The van der Waals surface area contributed by atoms with E-state index in [1.165, 1.54) is 6.07 Å². The molecule has 1 heterocycles. The van der Waals surface area contributed by atoms with Gasteiger partial charge in [-0.1, -0.05) is 36.0 Å². The Morgan fingerprint density at radius 3 is 2.57 bits per heavy atom. The van der Waals surface area contributed by atoms with Gasteiger partial charge in [-0.3, -0.25) is 4.90 Å². The lowest BCUT2D eigenvalue weighted by atomic mass is 10.2. The van der Waals surface area contributed by atoms with Crippen molar-refractivity contribution in [2.75, 3.05) is 19.4 Å². The topological polar surface area (TPSA) is 43.2 Å². The second-order valence-electron chi connectivity index (χ2n) is 6.39. The minimum Gasteiger partial charge on any atom is -0.493 e. The molecule has 0 radical (unpaired) electrons. The Labute approximate surface area is 167 Å². The minimum atomic E-state index is -0.836. The molecular formula is C20H22F2N4OS. The number of hydrogen-bond acceptors (Lipinski definition) is 5. The third-order valence-electron chi connectivity index (χ3n) is 4.10. The van der Waals surface area contributed by atoms with Crippen LogP contribution in [0.5, 0.6) is 5.75 Å². The number of para-hydroxylation sites is 1. The van der Waals surface area contributed by atoms with Gasteiger partial charge in [0.1, 0.15) is 11.6 Å². The number of aromatic nitrogens is 3. The van der Waals surface area contributed by atoms with E-state index in [4.69, 9.17) is 4.74 Å². The zero-order valence-corrected chi connectivity index (χ0v) is 16.6. The van der Waals surface area contributed by atoms with E-state index in [1.54, 1.807) is 17.8 Å². The smallest absolute Gasteiger partial charge is 0.191 e. The maximum absolute atomic E-state index is 13.3. The van der Waals surface area contributed by atoms with Crippen LogP contribution in [0.15, 0.2) is 53.7 Å². The standard InChI is InChI=1S/C20H22F2N4OS/c1-25(13-15-8-9-17(21)18(22)12-15)14-19-23-24-20(26(19)2)28-11-10-27-16-6-4-3-5-7-16/h3-9,12H,10-11,13-14H2,1-2H3. The predicted octanol–water partition coefficient (Wildman–Crippen LogP) is 3.90. The highest BCUT2D eigenvalue weighted by Crippen LogP contribution is 2.18. The number of thioether (sulfide) groups is 1. The van der Waals surface area contributed by atoms with Crippen LogP contribution in [0.25, 0.3) is 0 Å². The molecule has 0 saturated heterocycles. The fourth-order valence-corrected chi connectivity index (χ4v) is 3.41. The molecule has 0 atom stereocenters. The monoisotopic (exact) mass is 404 g/mol. The van der Waals surface area contributed by atoms with Crippen molar-refractivity contribution < 1.29 is 13.5 Å². The predicted molar refractivity (Wildman–Crippen MR) is 105 cm³/mol. The summed E-state index contributed by atoms with van der Waals surface area (Å²) in [5, 5.41) is 9.28. The van der Waals surface area contributed by atoms with Crippen LogP contribution in [0.4, 0.5) is 8.78 Å². The van der Waals surface area contributed by atoms with Crippen molar-refractivity contribution in [2.24, 2.45) is 7.05 Å². The quantitative estimate of drug-likeness (QED) is 0.400. The number of benzene rings is 2. The van der Waals surface area contributed by atoms with Crippen LogP contribution >= 0.6 is 11.8 Å². The van der Waals surface area contributed by atoms with E-state index in [2.05, 4.69) is 10.2 Å². The molecule has 28 heavy (non-hydrogen) atoms. The average Bonchev–Trinajstić information content (AvgIpc) is 3.02. The molecule has 8 heteroatoms. The number of hydrogen-bond donors (Lipinski definition) is 0. The van der Waals surface area contributed by atoms with E-state index in [-0.39, 0.29) is 0 Å². The lowest BCUT2D eigenvalue weighted by Crippen LogP contribution is -2.20. The van der Waals surface area contributed by atoms with Crippen molar-refractivity contribution in [3.8, 4) is 5.75 Å². The molecule has 0 N–H and O–H groups in total. The summed E-state index contributed by atoms with van der Waals surface area (Å²) in [6.45, 7) is 1.61. The summed E-state index contributed by atoms with van der Waals surface area (Å²) in [6.07, 6.45) is 0. The summed E-state index contributed by atoms with van der Waals surface area (Å²) in [7, 11) is 3.82. The van der Waals surface area contributed by atoms with Crippen molar-refractivity contribution >= 4 is 11.8 Å². The molecule has 0 aliphatic carbocycles. The average molecular weight is 404 g/mol. The van der Waals surface area contributed by atoms with Crippen LogP contribution < -0.4 is 4.74 Å². The van der Waals surface area contributed by atoms with Gasteiger partial charge in [0.05, 0.1) is 13.2 Å². The highest BCUT2D eigenvalue weighted by Gasteiger charge is 2.12. The highest BCUT2D eigenvalue weighted by molar-refractivity contribution is 7.99. The van der Waals surface area contributed by atoms with E-state index < -0.39 is 11.6 Å². The molecule has 0 aliphatic heterocycles. The first-order valence-electron chi connectivity index (χ1n) is 8.84. The Balaban J connectivity index is 1.48. The summed E-state index contributed by atoms with van der Waals surface area (Å²) in [4.78, 5) is 1.98. The molecule has 0 fully saturated rings. The van der Waals surface area contributed by atoms with Gasteiger partial charge >= 0.3 is 0 Å². The van der Waals surface area contributed by atoms with Gasteiger partial charge in [-0.05, 0) is 36.9 Å². The molecule has 0 aliphatic rings. The van der Waals surface area contributed by atoms with Gasteiger partial charge in [0.15, 0.2) is 16.8 Å². The largest absolute Gasteiger partial charge is 0.493 e. The summed E-state index contributed by atoms with van der Waals surface area (Å²) < 4.78 is 34.0. The second-order valence-corrected chi connectivity index (χ2v) is 7.45. The van der Waals surface area contributed by atoms with E-state index in [0.717, 1.165) is 28.5 Å². The van der Waals surface area contributed by atoms with Crippen molar-refractivity contribution in [3.05, 3.63) is 71.6 Å². The number of nitrogens with zero attached hydrogens (tertiary/aromatic N) is 4. The van der Waals surface area contributed by atoms with Crippen LogP contribution in [-0.4, -0.2) is 39.1 Å². The molecule has 5 nitrogen and oxygen atoms in total. The Kier molecular flexibility index (Phi) is 7.00. The molecule has 0 spiro atoms. The molecule has 1 aromatic heterocycles. The van der Waals surface area contributed by atoms with Crippen LogP contribution in [0.1, 0.15) is 11.4 Å². The minimum absolute atomic E-state index is 0.484. The van der Waals surface area contributed by atoms with E-state index in [9.17, 15) is 8.78 Å². The van der Waals surface area contributed by atoms with Crippen molar-refractivity contribution in [1.82, 2.24) is 19.7 Å². The number of halogens is 2. The van der Waals surface area contributed by atoms with Crippen molar-refractivity contribution in [3.63, 3.8) is 0 Å². The van der Waals surface area contributed by atoms with Crippen molar-refractivity contribution in [2.45, 2.75) is 18.2 Å². The summed E-state index contributed by atoms with van der Waals surface area (Å²) >= 11 is 1.58. The van der Waals surface area contributed by atoms with Gasteiger partial charge in [0.2, 0.25) is 0 Å². The number of ether oxygens (including phenoxy) is 1. The first-order valence-corrected chi connectivity index (χ1v) is 9.83. The van der Waals surface area contributed by atoms with Crippen LogP contribution in [0.2, 0.25) is 0 Å². The Bertz CT molecular complexity index is 904. The lowest BCUT2D eigenvalue weighted by molar-refractivity contribution is 0.305. The third kappa shape index (κ3) is 5.53. The van der Waals surface area contributed by atoms with E-state index in [1.807, 2.05) is 53.9 Å². The lowest BCUT2D eigenvalue weighted by Gasteiger charge is -2.16. The van der Waals surface area contributed by atoms with Crippen molar-refractivity contribution in [1.29, 1.82) is 0 Å². The van der Waals surface area contributed by atoms with Gasteiger partial charge in [-0.2, -0.15) is 0 Å². The van der Waals surface area contributed by atoms with Gasteiger partial charge < -0.3 is 9.30 Å². The van der Waals surface area contributed by atoms with Crippen LogP contribution in [0, 0.1) is 11.6 Å². The fourth-order valence-electron chi connectivity index (χ4n) is 2.66. The molecule has 148 valence electrons. The normalized spacial score (nSPS) is 11.2. The van der Waals surface area contributed by atoms with Gasteiger partial charge in [0, 0.05) is 19.3 Å². The second kappa shape index (κ2) is 9.66. The van der Waals surface area contributed by atoms with E-state index >= 15 is 0 Å². The summed E-state index contributed by atoms with van der Waals surface area (Å²) in [5.74, 6) is 0.738. The molecule has 0 amide bonds. The molecule has 0 unspecified atom stereocenters. The summed E-state index contributed by atoms with van der Waals surface area (Å²) in [6, 6.07) is 13.6. The Morgan fingerprint density at radius 2 is 1.82 bits per heavy atom. The first-order chi connectivity index (χ1) is 13.5. The van der Waals surface area contributed by atoms with E-state index in [0.29, 0.717) is 25.3 Å². The Hall–Kier alpha value is -2.45. The van der Waals surface area contributed by atoms with Crippen LogP contribution in [0.3, 0.4) is 0 Å². The van der Waals surface area contributed by atoms with Crippen LogP contribution in [-0.2, 0) is 20.1 Å². The molecule has 0 bridgehead atoms. The maximum atomic E-state index is 13.3.